The number of carbonyl (C=O) groups is 1. The summed E-state index contributed by atoms with van der Waals surface area (Å²) >= 11 is 0. The van der Waals surface area contributed by atoms with Crippen LogP contribution in [0.2, 0.25) is 0 Å². The van der Waals surface area contributed by atoms with Gasteiger partial charge >= 0.3 is 5.97 Å². The summed E-state index contributed by atoms with van der Waals surface area (Å²) in [4.78, 5) is 12.1. The summed E-state index contributed by atoms with van der Waals surface area (Å²) in [6.07, 6.45) is -0.424. The average Bonchev–Trinajstić information content (AvgIpc) is 2.73. The van der Waals surface area contributed by atoms with Gasteiger partial charge in [-0.15, -0.1) is 0 Å². The Balaban J connectivity index is 1.49. The molecule has 142 valence electrons. The van der Waals surface area contributed by atoms with Gasteiger partial charge in [-0.3, -0.25) is 4.79 Å². The fourth-order valence-electron chi connectivity index (χ4n) is 3.13. The molecule has 28 heavy (non-hydrogen) atoms. The van der Waals surface area contributed by atoms with Gasteiger partial charge in [0.15, 0.2) is 0 Å². The van der Waals surface area contributed by atoms with Gasteiger partial charge in [0.05, 0.1) is 13.0 Å². The molecule has 0 saturated heterocycles. The Morgan fingerprint density at radius 3 is 2.50 bits per heavy atom. The first-order valence-corrected chi connectivity index (χ1v) is 9.03. The minimum absolute atomic E-state index is 0.0622. The Kier molecular flexibility index (Phi) is 5.35. The van der Waals surface area contributed by atoms with Crippen LogP contribution in [0.4, 0.5) is 4.39 Å². The summed E-state index contributed by atoms with van der Waals surface area (Å²) in [7, 11) is 0. The minimum Gasteiger partial charge on any atom is -0.460 e. The first-order valence-electron chi connectivity index (χ1n) is 9.03. The molecule has 1 heterocycles. The van der Waals surface area contributed by atoms with Crippen molar-refractivity contribution in [2.75, 3.05) is 0 Å². The molecular formula is C23H19FO4. The van der Waals surface area contributed by atoms with E-state index in [1.165, 1.54) is 12.1 Å². The maximum Gasteiger partial charge on any atom is 0.310 e. The first-order chi connectivity index (χ1) is 13.7. The Morgan fingerprint density at radius 1 is 1.04 bits per heavy atom. The molecular weight excluding hydrogens is 359 g/mol. The van der Waals surface area contributed by atoms with Crippen LogP contribution in [-0.2, 0) is 33.9 Å². The van der Waals surface area contributed by atoms with E-state index in [2.05, 4.69) is 0 Å². The molecule has 1 aliphatic rings. The lowest BCUT2D eigenvalue weighted by molar-refractivity contribution is -0.144. The molecule has 0 spiro atoms. The highest BCUT2D eigenvalue weighted by atomic mass is 19.1. The Labute approximate surface area is 162 Å². The summed E-state index contributed by atoms with van der Waals surface area (Å²) in [6.45, 7) is 0.158. The van der Waals surface area contributed by atoms with Crippen LogP contribution in [0, 0.1) is 5.82 Å². The molecule has 1 unspecified atom stereocenters. The lowest BCUT2D eigenvalue weighted by Gasteiger charge is -2.28. The second kappa shape index (κ2) is 8.23. The van der Waals surface area contributed by atoms with E-state index < -0.39 is 12.1 Å². The van der Waals surface area contributed by atoms with Crippen molar-refractivity contribution in [3.05, 3.63) is 101 Å². The molecule has 0 saturated carbocycles. The maximum atomic E-state index is 14.0. The fourth-order valence-corrected chi connectivity index (χ4v) is 3.13. The van der Waals surface area contributed by atoms with Gasteiger partial charge in [-0.1, -0.05) is 60.7 Å². The van der Waals surface area contributed by atoms with Crippen LogP contribution in [0.3, 0.4) is 0 Å². The van der Waals surface area contributed by atoms with E-state index in [-0.39, 0.29) is 25.6 Å². The Morgan fingerprint density at radius 2 is 1.75 bits per heavy atom. The zero-order valence-electron chi connectivity index (χ0n) is 15.1. The van der Waals surface area contributed by atoms with Crippen LogP contribution in [0.1, 0.15) is 28.5 Å². The normalized spacial score (nSPS) is 15.4. The number of fused-ring (bicyclic) bond motifs is 1. The molecule has 5 heteroatoms. The van der Waals surface area contributed by atoms with Gasteiger partial charge in [0.1, 0.15) is 18.2 Å². The molecule has 0 amide bonds. The Bertz CT molecular complexity index is 957. The van der Waals surface area contributed by atoms with Gasteiger partial charge in [0, 0.05) is 16.7 Å². The van der Waals surface area contributed by atoms with E-state index in [0.29, 0.717) is 16.9 Å². The van der Waals surface area contributed by atoms with Crippen LogP contribution in [0.25, 0.3) is 0 Å². The topological polar surface area (TPSA) is 44.8 Å². The van der Waals surface area contributed by atoms with Crippen molar-refractivity contribution in [1.82, 2.24) is 0 Å². The minimum atomic E-state index is -0.585. The molecule has 3 aromatic carbocycles. The van der Waals surface area contributed by atoms with Crippen molar-refractivity contribution in [3.8, 4) is 5.75 Å². The second-order valence-corrected chi connectivity index (χ2v) is 6.55. The van der Waals surface area contributed by atoms with E-state index in [9.17, 15) is 9.18 Å². The smallest absolute Gasteiger partial charge is 0.310 e. The fraction of sp³-hybridized carbons (Fsp3) is 0.174. The summed E-state index contributed by atoms with van der Waals surface area (Å²) in [6, 6.07) is 21.6. The number of hydrogen-bond acceptors (Lipinski definition) is 4. The lowest BCUT2D eigenvalue weighted by Crippen LogP contribution is -2.20. The third-order valence-electron chi connectivity index (χ3n) is 4.47. The molecule has 0 fully saturated rings. The van der Waals surface area contributed by atoms with Crippen LogP contribution in [0.15, 0.2) is 72.8 Å². The van der Waals surface area contributed by atoms with Gasteiger partial charge < -0.3 is 14.2 Å². The highest BCUT2D eigenvalue weighted by Gasteiger charge is 2.25. The van der Waals surface area contributed by atoms with Crippen molar-refractivity contribution in [3.63, 3.8) is 0 Å². The van der Waals surface area contributed by atoms with Crippen LogP contribution in [0.5, 0.6) is 5.75 Å². The number of esters is 1. The van der Waals surface area contributed by atoms with Crippen molar-refractivity contribution in [2.24, 2.45) is 0 Å². The zero-order chi connectivity index (χ0) is 19.3. The lowest BCUT2D eigenvalue weighted by atomic mass is 10.1. The highest BCUT2D eigenvalue weighted by molar-refractivity contribution is 5.72. The van der Waals surface area contributed by atoms with Crippen molar-refractivity contribution < 1.29 is 23.4 Å². The predicted octanol–water partition coefficient (Wildman–Crippen LogP) is 4.72. The largest absolute Gasteiger partial charge is 0.460 e. The summed E-state index contributed by atoms with van der Waals surface area (Å²) in [5.74, 6) is -0.289. The zero-order valence-corrected chi connectivity index (χ0v) is 15.1. The van der Waals surface area contributed by atoms with E-state index in [1.807, 2.05) is 60.7 Å². The maximum absolute atomic E-state index is 14.0. The van der Waals surface area contributed by atoms with Gasteiger partial charge in [0.25, 0.3) is 0 Å². The van der Waals surface area contributed by atoms with E-state index in [0.717, 1.165) is 11.1 Å². The molecule has 0 aliphatic carbocycles. The second-order valence-electron chi connectivity index (χ2n) is 6.55. The number of benzene rings is 3. The van der Waals surface area contributed by atoms with Crippen LogP contribution >= 0.6 is 0 Å². The third-order valence-corrected chi connectivity index (χ3v) is 4.47. The summed E-state index contributed by atoms with van der Waals surface area (Å²) < 4.78 is 31.0. The van der Waals surface area contributed by atoms with Crippen molar-refractivity contribution >= 4 is 5.97 Å². The van der Waals surface area contributed by atoms with Gasteiger partial charge in [-0.2, -0.15) is 0 Å². The molecule has 0 bridgehead atoms. The van der Waals surface area contributed by atoms with E-state index in [1.54, 1.807) is 0 Å². The van der Waals surface area contributed by atoms with Crippen LogP contribution < -0.4 is 4.74 Å². The average molecular weight is 378 g/mol. The number of carbonyl (C=O) groups excluding carboxylic acids is 1. The number of hydrogen-bond donors (Lipinski definition) is 0. The first kappa shape index (κ1) is 18.2. The third kappa shape index (κ3) is 4.21. The van der Waals surface area contributed by atoms with Gasteiger partial charge in [-0.25, -0.2) is 4.39 Å². The SMILES string of the molecule is O=C(Cc1ccccc1)OCc1cc(F)cc2c1OC(c1ccccc1)OC2. The number of rotatable bonds is 5. The monoisotopic (exact) mass is 378 g/mol. The molecule has 0 aromatic heterocycles. The molecule has 4 nitrogen and oxygen atoms in total. The van der Waals surface area contributed by atoms with Gasteiger partial charge in [-0.05, 0) is 17.7 Å². The Hall–Kier alpha value is -3.18. The van der Waals surface area contributed by atoms with Crippen molar-refractivity contribution in [1.29, 1.82) is 0 Å². The summed E-state index contributed by atoms with van der Waals surface area (Å²) in [5.41, 5.74) is 2.81. The predicted molar refractivity (Wildman–Crippen MR) is 101 cm³/mol. The van der Waals surface area contributed by atoms with Crippen molar-refractivity contribution in [2.45, 2.75) is 25.9 Å². The number of ether oxygens (including phenoxy) is 3. The molecule has 0 radical (unpaired) electrons. The van der Waals surface area contributed by atoms with E-state index in [4.69, 9.17) is 14.2 Å². The quantitative estimate of drug-likeness (QED) is 0.603. The van der Waals surface area contributed by atoms with Gasteiger partial charge in [0.2, 0.25) is 6.29 Å². The number of halogens is 1. The van der Waals surface area contributed by atoms with Crippen LogP contribution in [-0.4, -0.2) is 5.97 Å². The molecule has 3 aromatic rings. The summed E-state index contributed by atoms with van der Waals surface area (Å²) in [5, 5.41) is 0. The van der Waals surface area contributed by atoms with E-state index >= 15 is 0 Å². The highest BCUT2D eigenvalue weighted by Crippen LogP contribution is 2.36. The standard InChI is InChI=1S/C23H19FO4/c24-20-12-18(14-26-21(25)11-16-7-3-1-4-8-16)22-19(13-20)15-27-23(28-22)17-9-5-2-6-10-17/h1-10,12-13,23H,11,14-15H2. The molecule has 1 atom stereocenters. The molecule has 0 N–H and O–H groups in total. The molecule has 1 aliphatic heterocycles. The molecule has 4 rings (SSSR count).